The van der Waals surface area contributed by atoms with E-state index in [1.54, 1.807) is 0 Å². The van der Waals surface area contributed by atoms with Crippen molar-refractivity contribution < 1.29 is 0 Å². The van der Waals surface area contributed by atoms with E-state index >= 15 is 0 Å². The van der Waals surface area contributed by atoms with Crippen LogP contribution in [0.15, 0.2) is 303 Å². The highest BCUT2D eigenvalue weighted by Gasteiger charge is 2.51. The predicted molar refractivity (Wildman–Crippen MR) is 368 cm³/mol. The van der Waals surface area contributed by atoms with Crippen LogP contribution >= 0.6 is 0 Å². The highest BCUT2D eigenvalue weighted by atomic mass is 15.0. The summed E-state index contributed by atoms with van der Waals surface area (Å²) < 4.78 is 4.86. The molecule has 0 bridgehead atoms. The van der Waals surface area contributed by atoms with Gasteiger partial charge >= 0.3 is 0 Å². The Hall–Kier alpha value is -11.3. The molecule has 2 nitrogen and oxygen atoms in total. The molecule has 0 atom stereocenters. The molecule has 18 rings (SSSR count). The van der Waals surface area contributed by atoms with Crippen molar-refractivity contribution in [1.29, 1.82) is 0 Å². The lowest BCUT2D eigenvalue weighted by Gasteiger charge is -2.30. The van der Waals surface area contributed by atoms with Gasteiger partial charge in [-0.25, -0.2) is 0 Å². The fourth-order valence-electron chi connectivity index (χ4n) is 15.0. The van der Waals surface area contributed by atoms with Gasteiger partial charge < -0.3 is 9.13 Å². The molecule has 0 unspecified atom stereocenters. The molecule has 0 amide bonds. The van der Waals surface area contributed by atoms with Crippen LogP contribution in [0, 0.1) is 0 Å². The van der Waals surface area contributed by atoms with E-state index in [4.69, 9.17) is 0 Å². The minimum Gasteiger partial charge on any atom is -0.309 e. The van der Waals surface area contributed by atoms with Crippen LogP contribution in [-0.4, -0.2) is 9.13 Å². The summed E-state index contributed by atoms with van der Waals surface area (Å²) in [6, 6.07) is 113. The topological polar surface area (TPSA) is 9.86 Å². The number of hydrogen-bond donors (Lipinski definition) is 0. The Morgan fingerprint density at radius 2 is 0.563 bits per heavy atom. The molecule has 1 spiro atoms. The third kappa shape index (κ3) is 7.54. The third-order valence-corrected chi connectivity index (χ3v) is 18.9. The Labute approximate surface area is 504 Å². The first-order chi connectivity index (χ1) is 43.1. The first-order valence-corrected chi connectivity index (χ1v) is 30.2. The first kappa shape index (κ1) is 49.1. The molecule has 0 radical (unpaired) electrons. The van der Waals surface area contributed by atoms with Gasteiger partial charge in [0.25, 0.3) is 0 Å². The Morgan fingerprint density at radius 3 is 1.03 bits per heavy atom. The second-order valence-electron chi connectivity index (χ2n) is 23.5. The van der Waals surface area contributed by atoms with Crippen molar-refractivity contribution in [3.8, 4) is 55.9 Å². The Morgan fingerprint density at radius 1 is 0.218 bits per heavy atom. The van der Waals surface area contributed by atoms with Crippen molar-refractivity contribution in [2.45, 2.75) is 5.41 Å². The second kappa shape index (κ2) is 19.4. The van der Waals surface area contributed by atoms with Gasteiger partial charge in [-0.2, -0.15) is 0 Å². The number of hydrogen-bond acceptors (Lipinski definition) is 0. The minimum atomic E-state index is -0.473. The van der Waals surface area contributed by atoms with Crippen LogP contribution < -0.4 is 0 Å². The molecule has 16 aromatic rings. The minimum absolute atomic E-state index is 0.473. The molecule has 0 saturated heterocycles. The molecule has 0 saturated carbocycles. The largest absolute Gasteiger partial charge is 0.309 e. The van der Waals surface area contributed by atoms with Crippen LogP contribution in [0.4, 0.5) is 0 Å². The van der Waals surface area contributed by atoms with E-state index < -0.39 is 5.41 Å². The SMILES string of the molecule is C(=Cc1ccc2c(c1)C1(c3ccccc3-c3ccccc31)c1cc(C=Cc3ccc(-c4ccc5c(c4)c4ccccc4n5-c4cccc5ccccc45)cc3)ccc1-2)c1ccc(-c2ccc3c(c2)c2ccccc2n3-c2cccc3ccccc23)cc1. The van der Waals surface area contributed by atoms with Gasteiger partial charge in [-0.3, -0.25) is 0 Å². The van der Waals surface area contributed by atoms with E-state index in [-0.39, 0.29) is 0 Å². The number of aromatic nitrogens is 2. The van der Waals surface area contributed by atoms with E-state index in [0.29, 0.717) is 0 Å². The molecule has 14 aromatic carbocycles. The van der Waals surface area contributed by atoms with Crippen LogP contribution in [-0.2, 0) is 5.41 Å². The number of nitrogens with zero attached hydrogens (tertiary/aromatic N) is 2. The van der Waals surface area contributed by atoms with Gasteiger partial charge in [-0.1, -0.05) is 267 Å². The van der Waals surface area contributed by atoms with E-state index in [1.807, 2.05) is 0 Å². The first-order valence-electron chi connectivity index (χ1n) is 30.2. The van der Waals surface area contributed by atoms with Gasteiger partial charge in [0.1, 0.15) is 0 Å². The smallest absolute Gasteiger partial charge is 0.0725 e. The number of fused-ring (bicyclic) bond motifs is 18. The van der Waals surface area contributed by atoms with Crippen LogP contribution in [0.1, 0.15) is 44.5 Å². The van der Waals surface area contributed by atoms with E-state index in [9.17, 15) is 0 Å². The summed E-state index contributed by atoms with van der Waals surface area (Å²) in [5.74, 6) is 0. The standard InChI is InChI=1S/C85H54N2/c1-3-19-65-61(15-1)17-13-29-79(65)86-81-27-11-7-23-71(81)73-53-63(45-49-83(73)86)59-41-35-55(36-42-59)31-33-57-39-47-69-70-48-40-58(52-78(70)85(77(69)51-57)75-25-9-5-21-67(75)68-22-6-10-26-76(68)85)34-32-56-37-43-60(44-38-56)64-46-50-84-74(54-64)72-24-8-12-28-82(72)87(84)80-30-14-18-62-16-2-4-20-66(62)80/h1-54H. The molecule has 0 fully saturated rings. The summed E-state index contributed by atoms with van der Waals surface area (Å²) in [7, 11) is 0. The molecule has 2 aliphatic carbocycles. The summed E-state index contributed by atoms with van der Waals surface area (Å²) in [4.78, 5) is 0. The van der Waals surface area contributed by atoms with E-state index in [0.717, 1.165) is 11.1 Å². The quantitative estimate of drug-likeness (QED) is 0.134. The molecular formula is C85H54N2. The molecule has 0 aliphatic heterocycles. The predicted octanol–water partition coefficient (Wildman–Crippen LogP) is 22.2. The monoisotopic (exact) mass is 1100 g/mol. The van der Waals surface area contributed by atoms with Gasteiger partial charge in [0, 0.05) is 32.3 Å². The molecule has 2 heteroatoms. The van der Waals surface area contributed by atoms with Crippen molar-refractivity contribution in [1.82, 2.24) is 9.13 Å². The van der Waals surface area contributed by atoms with Crippen molar-refractivity contribution >= 4 is 89.5 Å². The zero-order valence-electron chi connectivity index (χ0n) is 47.6. The van der Waals surface area contributed by atoms with Gasteiger partial charge in [0.15, 0.2) is 0 Å². The maximum Gasteiger partial charge on any atom is 0.0725 e. The van der Waals surface area contributed by atoms with Gasteiger partial charge in [0.2, 0.25) is 0 Å². The number of rotatable bonds is 8. The summed E-state index contributed by atoms with van der Waals surface area (Å²) in [6.45, 7) is 0. The van der Waals surface area contributed by atoms with Crippen LogP contribution in [0.5, 0.6) is 0 Å². The van der Waals surface area contributed by atoms with Crippen LogP contribution in [0.2, 0.25) is 0 Å². The summed E-state index contributed by atoms with van der Waals surface area (Å²) in [5.41, 5.74) is 26.8. The van der Waals surface area contributed by atoms with Crippen molar-refractivity contribution in [2.75, 3.05) is 0 Å². The van der Waals surface area contributed by atoms with Gasteiger partial charge in [-0.05, 0) is 160 Å². The zero-order valence-corrected chi connectivity index (χ0v) is 47.6. The highest BCUT2D eigenvalue weighted by molar-refractivity contribution is 6.13. The summed E-state index contributed by atoms with van der Waals surface area (Å²) in [5, 5.41) is 9.99. The van der Waals surface area contributed by atoms with Crippen LogP contribution in [0.25, 0.3) is 145 Å². The van der Waals surface area contributed by atoms with Crippen molar-refractivity contribution in [2.24, 2.45) is 0 Å². The Balaban J connectivity index is 0.653. The normalized spacial score (nSPS) is 13.1. The summed E-state index contributed by atoms with van der Waals surface area (Å²) in [6.07, 6.45) is 9.10. The highest BCUT2D eigenvalue weighted by Crippen LogP contribution is 2.63. The zero-order chi connectivity index (χ0) is 57.2. The lowest BCUT2D eigenvalue weighted by Crippen LogP contribution is -2.26. The number of para-hydroxylation sites is 2. The van der Waals surface area contributed by atoms with E-state index in [1.165, 1.54) is 154 Å². The maximum absolute atomic E-state index is 2.46. The molecule has 404 valence electrons. The van der Waals surface area contributed by atoms with Gasteiger partial charge in [0.05, 0.1) is 38.9 Å². The lowest BCUT2D eigenvalue weighted by molar-refractivity contribution is 0.793. The molecule has 0 N–H and O–H groups in total. The molecule has 2 heterocycles. The lowest BCUT2D eigenvalue weighted by atomic mass is 9.70. The molecule has 2 aromatic heterocycles. The fourth-order valence-corrected chi connectivity index (χ4v) is 15.0. The summed E-state index contributed by atoms with van der Waals surface area (Å²) >= 11 is 0. The fraction of sp³-hybridized carbons (Fsp3) is 0.0118. The maximum atomic E-state index is 2.46. The average Bonchev–Trinajstić information content (AvgIpc) is 1.54. The Kier molecular flexibility index (Phi) is 10.9. The van der Waals surface area contributed by atoms with Crippen molar-refractivity contribution in [3.63, 3.8) is 0 Å². The molecule has 2 aliphatic rings. The molecular weight excluding hydrogens is 1050 g/mol. The molecule has 87 heavy (non-hydrogen) atoms. The van der Waals surface area contributed by atoms with Crippen LogP contribution in [0.3, 0.4) is 0 Å². The Bertz CT molecular complexity index is 5210. The van der Waals surface area contributed by atoms with E-state index in [2.05, 4.69) is 337 Å². The third-order valence-electron chi connectivity index (χ3n) is 18.9. The average molecular weight is 1100 g/mol. The second-order valence-corrected chi connectivity index (χ2v) is 23.5. The number of benzene rings is 14. The van der Waals surface area contributed by atoms with Crippen molar-refractivity contribution in [3.05, 3.63) is 348 Å². The van der Waals surface area contributed by atoms with Gasteiger partial charge in [-0.15, -0.1) is 0 Å².